The zero-order valence-electron chi connectivity index (χ0n) is 5.76. The molecule has 0 atom stereocenters. The van der Waals surface area contributed by atoms with Crippen LogP contribution in [0.5, 0.6) is 0 Å². The van der Waals surface area contributed by atoms with Gasteiger partial charge in [0.25, 0.3) is 0 Å². The first-order chi connectivity index (χ1) is 4.24. The van der Waals surface area contributed by atoms with E-state index in [4.69, 9.17) is 5.73 Å². The number of Topliss-reactive ketones (excluding diaryl/α,β-unsaturated/α-hetero) is 1. The standard InChI is InChI=1S/C7H13NO/c1-5-2-6(3-5)7(9)4-8/h5-6H,2-4,8H2,1H3. The van der Waals surface area contributed by atoms with Crippen molar-refractivity contribution in [2.45, 2.75) is 19.8 Å². The van der Waals surface area contributed by atoms with Gasteiger partial charge in [-0.1, -0.05) is 6.92 Å². The third kappa shape index (κ3) is 1.30. The van der Waals surface area contributed by atoms with Gasteiger partial charge in [-0.05, 0) is 18.8 Å². The maximum atomic E-state index is 10.8. The van der Waals surface area contributed by atoms with E-state index in [-0.39, 0.29) is 12.3 Å². The number of carbonyl (C=O) groups is 1. The van der Waals surface area contributed by atoms with Crippen LogP contribution >= 0.6 is 0 Å². The fourth-order valence-electron chi connectivity index (χ4n) is 1.33. The second-order valence-corrected chi connectivity index (χ2v) is 2.94. The van der Waals surface area contributed by atoms with Crippen molar-refractivity contribution in [3.63, 3.8) is 0 Å². The zero-order valence-corrected chi connectivity index (χ0v) is 5.76. The summed E-state index contributed by atoms with van der Waals surface area (Å²) in [5.41, 5.74) is 5.18. The molecule has 0 aromatic rings. The van der Waals surface area contributed by atoms with E-state index in [9.17, 15) is 4.79 Å². The lowest BCUT2D eigenvalue weighted by Gasteiger charge is -2.30. The van der Waals surface area contributed by atoms with Gasteiger partial charge in [-0.3, -0.25) is 4.79 Å². The summed E-state index contributed by atoms with van der Waals surface area (Å²) in [4.78, 5) is 10.8. The largest absolute Gasteiger partial charge is 0.324 e. The average molecular weight is 127 g/mol. The molecule has 9 heavy (non-hydrogen) atoms. The Morgan fingerprint density at radius 1 is 1.67 bits per heavy atom. The predicted molar refractivity (Wildman–Crippen MR) is 35.9 cm³/mol. The van der Waals surface area contributed by atoms with Gasteiger partial charge in [0.05, 0.1) is 6.54 Å². The van der Waals surface area contributed by atoms with Gasteiger partial charge in [-0.2, -0.15) is 0 Å². The molecule has 1 aliphatic carbocycles. The first kappa shape index (κ1) is 6.75. The van der Waals surface area contributed by atoms with E-state index in [1.54, 1.807) is 0 Å². The summed E-state index contributed by atoms with van der Waals surface area (Å²) in [7, 11) is 0. The molecule has 1 rings (SSSR count). The second kappa shape index (κ2) is 2.48. The minimum Gasteiger partial charge on any atom is -0.324 e. The Hall–Kier alpha value is -0.370. The molecule has 0 aliphatic heterocycles. The Balaban J connectivity index is 2.23. The molecule has 0 aromatic carbocycles. The number of rotatable bonds is 2. The molecule has 0 aromatic heterocycles. The molecular weight excluding hydrogens is 114 g/mol. The monoisotopic (exact) mass is 127 g/mol. The molecule has 2 heteroatoms. The van der Waals surface area contributed by atoms with E-state index in [0.29, 0.717) is 5.92 Å². The van der Waals surface area contributed by atoms with Crippen molar-refractivity contribution in [2.24, 2.45) is 17.6 Å². The maximum absolute atomic E-state index is 10.8. The Labute approximate surface area is 55.4 Å². The number of ketones is 1. The van der Waals surface area contributed by atoms with Crippen LogP contribution in [0.3, 0.4) is 0 Å². The zero-order chi connectivity index (χ0) is 6.85. The normalized spacial score (nSPS) is 33.6. The minimum atomic E-state index is 0.234. The third-order valence-electron chi connectivity index (χ3n) is 2.03. The van der Waals surface area contributed by atoms with Crippen molar-refractivity contribution < 1.29 is 4.79 Å². The van der Waals surface area contributed by atoms with Crippen LogP contribution in [0.25, 0.3) is 0 Å². The molecule has 1 saturated carbocycles. The van der Waals surface area contributed by atoms with E-state index >= 15 is 0 Å². The summed E-state index contributed by atoms with van der Waals surface area (Å²) in [6.07, 6.45) is 2.13. The summed E-state index contributed by atoms with van der Waals surface area (Å²) < 4.78 is 0. The highest BCUT2D eigenvalue weighted by molar-refractivity contribution is 5.83. The molecule has 0 amide bonds. The van der Waals surface area contributed by atoms with Gasteiger partial charge in [0, 0.05) is 5.92 Å². The first-order valence-electron chi connectivity index (χ1n) is 3.46. The maximum Gasteiger partial charge on any atom is 0.149 e. The molecule has 0 bridgehead atoms. The van der Waals surface area contributed by atoms with Crippen LogP contribution in [0.1, 0.15) is 19.8 Å². The summed E-state index contributed by atoms with van der Waals surface area (Å²) in [6, 6.07) is 0. The molecule has 2 nitrogen and oxygen atoms in total. The van der Waals surface area contributed by atoms with Crippen molar-refractivity contribution >= 4 is 5.78 Å². The van der Waals surface area contributed by atoms with Crippen molar-refractivity contribution in [3.05, 3.63) is 0 Å². The Kier molecular flexibility index (Phi) is 1.86. The number of hydrogen-bond donors (Lipinski definition) is 1. The molecule has 0 radical (unpaired) electrons. The lowest BCUT2D eigenvalue weighted by atomic mass is 9.74. The summed E-state index contributed by atoms with van der Waals surface area (Å²) in [6.45, 7) is 2.40. The molecule has 1 aliphatic rings. The summed E-state index contributed by atoms with van der Waals surface area (Å²) >= 11 is 0. The van der Waals surface area contributed by atoms with Crippen LogP contribution in [0.15, 0.2) is 0 Å². The highest BCUT2D eigenvalue weighted by Crippen LogP contribution is 2.33. The SMILES string of the molecule is CC1CC(C(=O)CN)C1. The second-order valence-electron chi connectivity index (χ2n) is 2.94. The summed E-state index contributed by atoms with van der Waals surface area (Å²) in [5, 5.41) is 0. The molecule has 2 N–H and O–H groups in total. The minimum absolute atomic E-state index is 0.234. The van der Waals surface area contributed by atoms with Crippen LogP contribution in [-0.2, 0) is 4.79 Å². The van der Waals surface area contributed by atoms with Crippen molar-refractivity contribution in [1.29, 1.82) is 0 Å². The van der Waals surface area contributed by atoms with E-state index in [2.05, 4.69) is 6.92 Å². The van der Waals surface area contributed by atoms with Crippen molar-refractivity contribution in [2.75, 3.05) is 6.54 Å². The van der Waals surface area contributed by atoms with E-state index in [1.807, 2.05) is 0 Å². The van der Waals surface area contributed by atoms with Gasteiger partial charge >= 0.3 is 0 Å². The fraction of sp³-hybridized carbons (Fsp3) is 0.857. The predicted octanol–water partition coefficient (Wildman–Crippen LogP) is 0.560. The van der Waals surface area contributed by atoms with Gasteiger partial charge in [0.15, 0.2) is 0 Å². The molecule has 52 valence electrons. The van der Waals surface area contributed by atoms with Gasteiger partial charge in [-0.15, -0.1) is 0 Å². The first-order valence-corrected chi connectivity index (χ1v) is 3.46. The molecule has 0 spiro atoms. The number of carbonyl (C=O) groups excluding carboxylic acids is 1. The van der Waals surface area contributed by atoms with E-state index in [0.717, 1.165) is 18.8 Å². The molecular formula is C7H13NO. The molecule has 0 unspecified atom stereocenters. The van der Waals surface area contributed by atoms with Gasteiger partial charge < -0.3 is 5.73 Å². The van der Waals surface area contributed by atoms with Gasteiger partial charge in [0.1, 0.15) is 5.78 Å². The Morgan fingerprint density at radius 2 is 2.22 bits per heavy atom. The van der Waals surface area contributed by atoms with Crippen LogP contribution in [0, 0.1) is 11.8 Å². The number of nitrogens with two attached hydrogens (primary N) is 1. The highest BCUT2D eigenvalue weighted by atomic mass is 16.1. The third-order valence-corrected chi connectivity index (χ3v) is 2.03. The molecule has 0 heterocycles. The lowest BCUT2D eigenvalue weighted by Crippen LogP contribution is -2.32. The summed E-state index contributed by atoms with van der Waals surface area (Å²) in [5.74, 6) is 1.31. The van der Waals surface area contributed by atoms with Gasteiger partial charge in [0.2, 0.25) is 0 Å². The lowest BCUT2D eigenvalue weighted by molar-refractivity contribution is -0.125. The fourth-order valence-corrected chi connectivity index (χ4v) is 1.33. The molecule has 0 saturated heterocycles. The van der Waals surface area contributed by atoms with Crippen LogP contribution in [0.2, 0.25) is 0 Å². The Bertz CT molecular complexity index is 116. The molecule has 1 fully saturated rings. The topological polar surface area (TPSA) is 43.1 Å². The van der Waals surface area contributed by atoms with Crippen LogP contribution < -0.4 is 5.73 Å². The van der Waals surface area contributed by atoms with E-state index < -0.39 is 0 Å². The van der Waals surface area contributed by atoms with Crippen LogP contribution in [-0.4, -0.2) is 12.3 Å². The smallest absolute Gasteiger partial charge is 0.149 e. The highest BCUT2D eigenvalue weighted by Gasteiger charge is 2.29. The Morgan fingerprint density at radius 3 is 2.56 bits per heavy atom. The average Bonchev–Trinajstić information content (AvgIpc) is 1.79. The van der Waals surface area contributed by atoms with E-state index in [1.165, 1.54) is 0 Å². The van der Waals surface area contributed by atoms with Gasteiger partial charge in [-0.25, -0.2) is 0 Å². The quantitative estimate of drug-likeness (QED) is 0.589. The van der Waals surface area contributed by atoms with Crippen molar-refractivity contribution in [1.82, 2.24) is 0 Å². The number of hydrogen-bond acceptors (Lipinski definition) is 2. The van der Waals surface area contributed by atoms with Crippen LogP contribution in [0.4, 0.5) is 0 Å². The van der Waals surface area contributed by atoms with Crippen molar-refractivity contribution in [3.8, 4) is 0 Å².